The van der Waals surface area contributed by atoms with Crippen LogP contribution in [-0.2, 0) is 6.42 Å². The van der Waals surface area contributed by atoms with Gasteiger partial charge in [-0.3, -0.25) is 5.41 Å². The van der Waals surface area contributed by atoms with Crippen molar-refractivity contribution in [2.24, 2.45) is 5.73 Å². The van der Waals surface area contributed by atoms with Gasteiger partial charge in [0.25, 0.3) is 0 Å². The predicted molar refractivity (Wildman–Crippen MR) is 153 cm³/mol. The van der Waals surface area contributed by atoms with Crippen LogP contribution in [0.25, 0.3) is 10.9 Å². The summed E-state index contributed by atoms with van der Waals surface area (Å²) in [5.41, 5.74) is 12.1. The summed E-state index contributed by atoms with van der Waals surface area (Å²) in [5, 5.41) is 13.2. The number of nitrogens with one attached hydrogen (secondary N) is 3. The second-order valence-electron chi connectivity index (χ2n) is 9.16. The molecule has 0 amide bonds. The molecule has 190 valence electrons. The second-order valence-corrected chi connectivity index (χ2v) is 10.0. The molecule has 0 aliphatic carbocycles. The molecular formula is C29H29Cl2N5O. The van der Waals surface area contributed by atoms with E-state index in [1.165, 1.54) is 22.2 Å². The zero-order valence-electron chi connectivity index (χ0n) is 20.5. The molecule has 0 fully saturated rings. The highest BCUT2D eigenvalue weighted by atomic mass is 35.5. The summed E-state index contributed by atoms with van der Waals surface area (Å²) in [5.74, 6) is 0.828. The van der Waals surface area contributed by atoms with Gasteiger partial charge in [0, 0.05) is 51.1 Å². The van der Waals surface area contributed by atoms with Gasteiger partial charge >= 0.3 is 0 Å². The lowest BCUT2D eigenvalue weighted by Gasteiger charge is -2.38. The van der Waals surface area contributed by atoms with Crippen molar-refractivity contribution in [3.63, 3.8) is 0 Å². The van der Waals surface area contributed by atoms with E-state index in [9.17, 15) is 0 Å². The third kappa shape index (κ3) is 5.55. The largest absolute Gasteiger partial charge is 0.492 e. The molecule has 3 aromatic carbocycles. The Morgan fingerprint density at radius 2 is 1.84 bits per heavy atom. The quantitative estimate of drug-likeness (QED) is 0.119. The summed E-state index contributed by atoms with van der Waals surface area (Å²) in [6.07, 6.45) is 2.50. The first-order valence-electron chi connectivity index (χ1n) is 12.2. The minimum Gasteiger partial charge on any atom is -0.492 e. The first-order chi connectivity index (χ1) is 17.9. The monoisotopic (exact) mass is 533 g/mol. The Labute approximate surface area is 226 Å². The fraction of sp³-hybridized carbons (Fsp3) is 0.207. The maximum Gasteiger partial charge on any atom is 0.119 e. The third-order valence-electron chi connectivity index (χ3n) is 6.59. The number of rotatable bonds is 8. The van der Waals surface area contributed by atoms with Gasteiger partial charge in [-0.25, -0.2) is 0 Å². The molecular weight excluding hydrogens is 505 g/mol. The lowest BCUT2D eigenvalue weighted by Crippen LogP contribution is -2.36. The number of hydrogen-bond donors (Lipinski definition) is 4. The number of fused-ring (bicyclic) bond motifs is 3. The molecule has 1 atom stereocenters. The van der Waals surface area contributed by atoms with Crippen molar-refractivity contribution in [3.8, 4) is 5.75 Å². The summed E-state index contributed by atoms with van der Waals surface area (Å²) >= 11 is 12.5. The number of ether oxygens (including phenoxy) is 1. The van der Waals surface area contributed by atoms with Gasteiger partial charge in [-0.1, -0.05) is 35.3 Å². The summed E-state index contributed by atoms with van der Waals surface area (Å²) in [4.78, 5) is 6.10. The topological polar surface area (TPSA) is 90.2 Å². The van der Waals surface area contributed by atoms with Crippen molar-refractivity contribution in [3.05, 3.63) is 105 Å². The van der Waals surface area contributed by atoms with Crippen LogP contribution >= 0.6 is 23.2 Å². The van der Waals surface area contributed by atoms with E-state index in [-0.39, 0.29) is 11.9 Å². The molecule has 5 rings (SSSR count). The molecule has 1 unspecified atom stereocenters. The van der Waals surface area contributed by atoms with Crippen LogP contribution in [0.4, 0.5) is 5.69 Å². The standard InChI is InChI=1S/C29H29Cl2N5O/c1-18(16-27(32)33)34-13-15-37-23-9-2-19(3-10-23)29-28-24(25-17-21(31)6-11-26(25)35-28)12-14-36(29)22-7-4-20(30)5-8-22/h2-11,16-17,29,34-35H,12-15H2,1H3,(H3,32,33)/b18-16-. The van der Waals surface area contributed by atoms with E-state index >= 15 is 0 Å². The Hall–Kier alpha value is -3.61. The Bertz CT molecular complexity index is 1440. The zero-order valence-corrected chi connectivity index (χ0v) is 22.0. The van der Waals surface area contributed by atoms with E-state index in [1.807, 2.05) is 37.3 Å². The van der Waals surface area contributed by atoms with Gasteiger partial charge < -0.3 is 25.7 Å². The van der Waals surface area contributed by atoms with E-state index in [0.717, 1.165) is 45.7 Å². The number of H-pyrrole nitrogens is 1. The van der Waals surface area contributed by atoms with Crippen LogP contribution in [0.1, 0.15) is 29.8 Å². The van der Waals surface area contributed by atoms with Crippen molar-refractivity contribution in [1.82, 2.24) is 10.3 Å². The van der Waals surface area contributed by atoms with Crippen molar-refractivity contribution in [2.45, 2.75) is 19.4 Å². The molecule has 37 heavy (non-hydrogen) atoms. The lowest BCUT2D eigenvalue weighted by molar-refractivity contribution is 0.319. The number of halogens is 2. The van der Waals surface area contributed by atoms with E-state index in [1.54, 1.807) is 6.08 Å². The molecule has 1 aromatic heterocycles. The fourth-order valence-electron chi connectivity index (χ4n) is 4.97. The molecule has 1 aliphatic heterocycles. The Balaban J connectivity index is 1.41. The van der Waals surface area contributed by atoms with Crippen LogP contribution in [0.2, 0.25) is 10.0 Å². The third-order valence-corrected chi connectivity index (χ3v) is 7.08. The predicted octanol–water partition coefficient (Wildman–Crippen LogP) is 6.43. The van der Waals surface area contributed by atoms with E-state index < -0.39 is 0 Å². The van der Waals surface area contributed by atoms with Crippen LogP contribution in [0.3, 0.4) is 0 Å². The van der Waals surface area contributed by atoms with Crippen molar-refractivity contribution in [1.29, 1.82) is 5.41 Å². The molecule has 0 bridgehead atoms. The molecule has 0 saturated carbocycles. The fourth-order valence-corrected chi connectivity index (χ4v) is 5.26. The highest BCUT2D eigenvalue weighted by molar-refractivity contribution is 6.31. The summed E-state index contributed by atoms with van der Waals surface area (Å²) in [6.45, 7) is 3.86. The lowest BCUT2D eigenvalue weighted by atomic mass is 9.91. The Morgan fingerprint density at radius 3 is 2.57 bits per heavy atom. The highest BCUT2D eigenvalue weighted by Crippen LogP contribution is 2.41. The number of anilines is 1. The smallest absolute Gasteiger partial charge is 0.119 e. The second kappa shape index (κ2) is 10.8. The first-order valence-corrected chi connectivity index (χ1v) is 13.0. The number of hydrogen-bond acceptors (Lipinski definition) is 4. The van der Waals surface area contributed by atoms with Crippen molar-refractivity contribution < 1.29 is 4.74 Å². The SMILES string of the molecule is C/C(=C/C(=N)N)NCCOc1ccc(C2c3[nH]c4ccc(Cl)cc4c3CCN2c2ccc(Cl)cc2)cc1. The molecule has 0 radical (unpaired) electrons. The van der Waals surface area contributed by atoms with Crippen LogP contribution in [-0.4, -0.2) is 30.5 Å². The summed E-state index contributed by atoms with van der Waals surface area (Å²) < 4.78 is 5.93. The average Bonchev–Trinajstić information content (AvgIpc) is 3.24. The van der Waals surface area contributed by atoms with Gasteiger partial charge in [0.2, 0.25) is 0 Å². The summed E-state index contributed by atoms with van der Waals surface area (Å²) in [7, 11) is 0. The minimum absolute atomic E-state index is 0.00573. The van der Waals surface area contributed by atoms with Crippen molar-refractivity contribution in [2.75, 3.05) is 24.6 Å². The van der Waals surface area contributed by atoms with Gasteiger partial charge in [0.1, 0.15) is 18.2 Å². The Kier molecular flexibility index (Phi) is 7.31. The molecule has 0 spiro atoms. The van der Waals surface area contributed by atoms with Crippen molar-refractivity contribution >= 4 is 45.6 Å². The molecule has 1 aliphatic rings. The van der Waals surface area contributed by atoms with Crippen LogP contribution in [0.15, 0.2) is 78.5 Å². The van der Waals surface area contributed by atoms with Crippen LogP contribution < -0.4 is 20.7 Å². The molecule has 8 heteroatoms. The number of nitrogens with zero attached hydrogens (tertiary/aromatic N) is 1. The van der Waals surface area contributed by atoms with E-state index in [0.29, 0.717) is 13.2 Å². The normalized spacial score (nSPS) is 15.5. The molecule has 2 heterocycles. The number of nitrogens with two attached hydrogens (primary N) is 1. The van der Waals surface area contributed by atoms with Gasteiger partial charge in [-0.15, -0.1) is 0 Å². The van der Waals surface area contributed by atoms with Crippen LogP contribution in [0, 0.1) is 5.41 Å². The number of allylic oxidation sites excluding steroid dienone is 1. The van der Waals surface area contributed by atoms with E-state index in [4.69, 9.17) is 39.1 Å². The van der Waals surface area contributed by atoms with Crippen LogP contribution in [0.5, 0.6) is 5.75 Å². The van der Waals surface area contributed by atoms with Gasteiger partial charge in [-0.2, -0.15) is 0 Å². The number of amidine groups is 1. The van der Waals surface area contributed by atoms with Gasteiger partial charge in [0.05, 0.1) is 6.04 Å². The first kappa shape index (κ1) is 25.1. The number of aromatic nitrogens is 1. The Morgan fingerprint density at radius 1 is 1.11 bits per heavy atom. The van der Waals surface area contributed by atoms with Gasteiger partial charge in [0.15, 0.2) is 0 Å². The molecule has 0 saturated heterocycles. The van der Waals surface area contributed by atoms with E-state index in [2.05, 4.69) is 51.6 Å². The molecule has 6 nitrogen and oxygen atoms in total. The minimum atomic E-state index is 0.00573. The summed E-state index contributed by atoms with van der Waals surface area (Å²) in [6, 6.07) is 22.4. The molecule has 4 aromatic rings. The molecule has 5 N–H and O–H groups in total. The maximum absolute atomic E-state index is 7.32. The zero-order chi connectivity index (χ0) is 25.9. The van der Waals surface area contributed by atoms with Gasteiger partial charge in [-0.05, 0) is 85.1 Å². The highest BCUT2D eigenvalue weighted by Gasteiger charge is 2.32. The number of benzene rings is 3. The maximum atomic E-state index is 7.32. The average molecular weight is 534 g/mol. The number of aromatic amines is 1.